The summed E-state index contributed by atoms with van der Waals surface area (Å²) in [6, 6.07) is 1.31. The van der Waals surface area contributed by atoms with E-state index in [9.17, 15) is 14.9 Å². The Hall–Kier alpha value is -2.55. The first-order valence-corrected chi connectivity index (χ1v) is 4.89. The minimum Gasteiger partial charge on any atom is -0.364 e. The van der Waals surface area contributed by atoms with Crippen LogP contribution < -0.4 is 5.73 Å². The fourth-order valence-electron chi connectivity index (χ4n) is 1.22. The van der Waals surface area contributed by atoms with Crippen molar-refractivity contribution in [2.75, 3.05) is 0 Å². The highest BCUT2D eigenvalue weighted by molar-refractivity contribution is 6.28. The van der Waals surface area contributed by atoms with E-state index in [0.29, 0.717) is 0 Å². The van der Waals surface area contributed by atoms with Gasteiger partial charge in [-0.1, -0.05) is 0 Å². The van der Waals surface area contributed by atoms with E-state index in [1.807, 2.05) is 0 Å². The maximum atomic E-state index is 10.9. The van der Waals surface area contributed by atoms with Crippen LogP contribution in [-0.2, 0) is 0 Å². The van der Waals surface area contributed by atoms with E-state index >= 15 is 0 Å². The summed E-state index contributed by atoms with van der Waals surface area (Å²) in [4.78, 5) is 28.2. The Labute approximate surface area is 104 Å². The number of rotatable bonds is 3. The lowest BCUT2D eigenvalue weighted by atomic mass is 10.4. The van der Waals surface area contributed by atoms with E-state index in [2.05, 4.69) is 15.1 Å². The average molecular weight is 269 g/mol. The highest BCUT2D eigenvalue weighted by Gasteiger charge is 2.20. The molecule has 18 heavy (non-hydrogen) atoms. The molecule has 0 fully saturated rings. The molecule has 0 aliphatic rings. The molecule has 0 saturated carbocycles. The average Bonchev–Trinajstić information content (AvgIpc) is 2.77. The predicted molar refractivity (Wildman–Crippen MR) is 59.3 cm³/mol. The summed E-state index contributed by atoms with van der Waals surface area (Å²) in [6.45, 7) is 0. The molecule has 9 nitrogen and oxygen atoms in total. The first-order valence-electron chi connectivity index (χ1n) is 4.52. The van der Waals surface area contributed by atoms with Crippen LogP contribution >= 0.6 is 11.6 Å². The smallest absolute Gasteiger partial charge is 0.331 e. The molecule has 0 aromatic carbocycles. The number of nitrogens with two attached hydrogens (primary N) is 1. The van der Waals surface area contributed by atoms with Gasteiger partial charge in [0.2, 0.25) is 11.1 Å². The molecule has 1 amide bonds. The van der Waals surface area contributed by atoms with Crippen LogP contribution in [-0.4, -0.2) is 30.6 Å². The first-order chi connectivity index (χ1) is 8.49. The summed E-state index contributed by atoms with van der Waals surface area (Å²) in [7, 11) is 0. The van der Waals surface area contributed by atoms with Crippen LogP contribution in [0.25, 0.3) is 5.82 Å². The molecule has 2 rings (SSSR count). The Morgan fingerprint density at radius 3 is 2.83 bits per heavy atom. The molecule has 10 heteroatoms. The summed E-state index contributed by atoms with van der Waals surface area (Å²) in [5.74, 6) is -0.899. The van der Waals surface area contributed by atoms with Gasteiger partial charge in [-0.15, -0.1) is 0 Å². The van der Waals surface area contributed by atoms with E-state index < -0.39 is 16.5 Å². The Kier molecular flexibility index (Phi) is 2.90. The third-order valence-electron chi connectivity index (χ3n) is 1.98. The van der Waals surface area contributed by atoms with Crippen molar-refractivity contribution < 1.29 is 9.72 Å². The number of nitrogens with zero attached hydrogens (tertiary/aromatic N) is 5. The van der Waals surface area contributed by atoms with Crippen molar-refractivity contribution in [3.63, 3.8) is 0 Å². The van der Waals surface area contributed by atoms with Gasteiger partial charge in [-0.25, -0.2) is 9.67 Å². The van der Waals surface area contributed by atoms with Crippen LogP contribution in [0.1, 0.15) is 10.5 Å². The molecule has 0 aliphatic carbocycles. The van der Waals surface area contributed by atoms with Gasteiger partial charge in [0.15, 0.2) is 0 Å². The summed E-state index contributed by atoms with van der Waals surface area (Å²) in [5.41, 5.74) is 4.59. The Morgan fingerprint density at radius 2 is 2.28 bits per heavy atom. The third-order valence-corrected chi connectivity index (χ3v) is 2.16. The molecule has 0 atom stereocenters. The van der Waals surface area contributed by atoms with Crippen LogP contribution in [0.2, 0.25) is 5.28 Å². The molecule has 0 aliphatic heterocycles. The fourth-order valence-corrected chi connectivity index (χ4v) is 1.35. The maximum Gasteiger partial charge on any atom is 0.331 e. The van der Waals surface area contributed by atoms with E-state index in [1.54, 1.807) is 0 Å². The zero-order valence-electron chi connectivity index (χ0n) is 8.65. The van der Waals surface area contributed by atoms with Gasteiger partial charge in [-0.3, -0.25) is 14.9 Å². The molecular formula is C8H5ClN6O3. The van der Waals surface area contributed by atoms with Crippen LogP contribution in [0.5, 0.6) is 0 Å². The summed E-state index contributed by atoms with van der Waals surface area (Å²) < 4.78 is 1.03. The first kappa shape index (κ1) is 11.9. The number of halogens is 1. The lowest BCUT2D eigenvalue weighted by Gasteiger charge is -2.01. The van der Waals surface area contributed by atoms with Gasteiger partial charge in [0.05, 0.1) is 4.92 Å². The fraction of sp³-hybridized carbons (Fsp3) is 0. The van der Waals surface area contributed by atoms with E-state index in [0.717, 1.165) is 10.9 Å². The molecule has 2 aromatic heterocycles. The van der Waals surface area contributed by atoms with E-state index in [4.69, 9.17) is 17.3 Å². The highest BCUT2D eigenvalue weighted by atomic mass is 35.5. The number of aromatic nitrogens is 4. The van der Waals surface area contributed by atoms with Crippen molar-refractivity contribution in [2.45, 2.75) is 0 Å². The lowest BCUT2D eigenvalue weighted by Crippen LogP contribution is -2.13. The molecule has 0 spiro atoms. The van der Waals surface area contributed by atoms with Crippen LogP contribution in [0.3, 0.4) is 0 Å². The third kappa shape index (κ3) is 2.11. The second kappa shape index (κ2) is 4.37. The normalized spacial score (nSPS) is 10.3. The SMILES string of the molecule is NC(=O)c1ccn(-c2nc(Cl)ncc2[N+](=O)[O-])n1. The van der Waals surface area contributed by atoms with Crippen molar-refractivity contribution in [3.8, 4) is 5.82 Å². The van der Waals surface area contributed by atoms with Gasteiger partial charge in [-0.05, 0) is 17.7 Å². The molecule has 2 aromatic rings. The molecule has 2 N–H and O–H groups in total. The highest BCUT2D eigenvalue weighted by Crippen LogP contribution is 2.20. The van der Waals surface area contributed by atoms with E-state index in [-0.39, 0.29) is 16.8 Å². The molecule has 0 radical (unpaired) electrons. The number of carbonyl (C=O) groups is 1. The Bertz CT molecular complexity index is 640. The summed E-state index contributed by atoms with van der Waals surface area (Å²) >= 11 is 5.56. The molecule has 92 valence electrons. The number of hydrogen-bond acceptors (Lipinski definition) is 6. The van der Waals surface area contributed by atoms with Crippen molar-refractivity contribution >= 4 is 23.2 Å². The van der Waals surface area contributed by atoms with Crippen LogP contribution in [0.15, 0.2) is 18.5 Å². The Balaban J connectivity index is 2.57. The quantitative estimate of drug-likeness (QED) is 0.485. The van der Waals surface area contributed by atoms with Crippen molar-refractivity contribution in [1.82, 2.24) is 19.7 Å². The van der Waals surface area contributed by atoms with Crippen molar-refractivity contribution in [3.05, 3.63) is 39.6 Å². The predicted octanol–water partition coefficient (Wildman–Crippen LogP) is 0.323. The number of hydrogen-bond donors (Lipinski definition) is 1. The monoisotopic (exact) mass is 268 g/mol. The van der Waals surface area contributed by atoms with Crippen LogP contribution in [0, 0.1) is 10.1 Å². The van der Waals surface area contributed by atoms with Crippen molar-refractivity contribution in [1.29, 1.82) is 0 Å². The zero-order valence-corrected chi connectivity index (χ0v) is 9.40. The Morgan fingerprint density at radius 1 is 1.56 bits per heavy atom. The minimum atomic E-state index is -0.753. The maximum absolute atomic E-state index is 10.9. The largest absolute Gasteiger partial charge is 0.364 e. The van der Waals surface area contributed by atoms with Crippen molar-refractivity contribution in [2.24, 2.45) is 5.73 Å². The minimum absolute atomic E-state index is 0.0426. The number of nitro groups is 1. The summed E-state index contributed by atoms with van der Waals surface area (Å²) in [5, 5.41) is 14.4. The second-order valence-corrected chi connectivity index (χ2v) is 3.45. The van der Waals surface area contributed by atoms with Crippen LogP contribution in [0.4, 0.5) is 5.69 Å². The van der Waals surface area contributed by atoms with E-state index in [1.165, 1.54) is 12.3 Å². The summed E-state index contributed by atoms with van der Waals surface area (Å²) in [6.07, 6.45) is 2.27. The van der Waals surface area contributed by atoms with Gasteiger partial charge < -0.3 is 5.73 Å². The number of carbonyl (C=O) groups excluding carboxylic acids is 1. The molecule has 0 bridgehead atoms. The standard InChI is InChI=1S/C8H5ClN6O3/c9-8-11-3-5(15(17)18)7(12-8)14-2-1-4(13-14)6(10)16/h1-3H,(H2,10,16). The molecular weight excluding hydrogens is 264 g/mol. The van der Waals surface area contributed by atoms with Gasteiger partial charge in [0.1, 0.15) is 11.9 Å². The number of primary amides is 1. The van der Waals surface area contributed by atoms with Gasteiger partial charge >= 0.3 is 5.69 Å². The van der Waals surface area contributed by atoms with Gasteiger partial charge in [0, 0.05) is 6.20 Å². The zero-order chi connectivity index (χ0) is 13.3. The topological polar surface area (TPSA) is 130 Å². The second-order valence-electron chi connectivity index (χ2n) is 3.11. The number of amides is 1. The van der Waals surface area contributed by atoms with Gasteiger partial charge in [0.25, 0.3) is 5.91 Å². The van der Waals surface area contributed by atoms with Gasteiger partial charge in [-0.2, -0.15) is 10.1 Å². The lowest BCUT2D eigenvalue weighted by molar-refractivity contribution is -0.385. The molecule has 2 heterocycles. The molecule has 0 saturated heterocycles. The molecule has 0 unspecified atom stereocenters.